The number of carbonyl (C=O) groups excluding carboxylic acids is 1. The van der Waals surface area contributed by atoms with Gasteiger partial charge < -0.3 is 33.9 Å². The van der Waals surface area contributed by atoms with E-state index >= 15 is 0 Å². The van der Waals surface area contributed by atoms with Gasteiger partial charge in [-0.25, -0.2) is 4.79 Å². The van der Waals surface area contributed by atoms with E-state index in [1.165, 1.54) is 64.2 Å². The summed E-state index contributed by atoms with van der Waals surface area (Å²) in [6, 6.07) is 7.63. The van der Waals surface area contributed by atoms with Gasteiger partial charge in [-0.3, -0.25) is 5.32 Å². The van der Waals surface area contributed by atoms with Gasteiger partial charge in [-0.05, 0) is 65.3 Å². The molecule has 3 fully saturated rings. The van der Waals surface area contributed by atoms with E-state index < -0.39 is 36.0 Å². The molecule has 0 radical (unpaired) electrons. The van der Waals surface area contributed by atoms with Gasteiger partial charge in [0.1, 0.15) is 12.7 Å². The molecule has 3 aliphatic rings. The van der Waals surface area contributed by atoms with Crippen LogP contribution in [0.1, 0.15) is 103 Å². The SMILES string of the molecule is CCCCCCCCCCCCOC[C@@]12O[C@@H](CNCCN3CCCC3)[C@@H](OC(=O)Nc3ccc(C)cc3)[C@@H]1OC(C)(C)O2. The van der Waals surface area contributed by atoms with E-state index in [-0.39, 0.29) is 6.61 Å². The van der Waals surface area contributed by atoms with Gasteiger partial charge >= 0.3 is 6.09 Å². The number of rotatable bonds is 20. The van der Waals surface area contributed by atoms with Crippen LogP contribution in [0.25, 0.3) is 0 Å². The molecular formula is C35H59N3O6. The minimum atomic E-state index is -1.14. The van der Waals surface area contributed by atoms with E-state index in [4.69, 9.17) is 23.7 Å². The van der Waals surface area contributed by atoms with Crippen molar-refractivity contribution in [2.45, 2.75) is 135 Å². The summed E-state index contributed by atoms with van der Waals surface area (Å²) in [6.45, 7) is 13.5. The number of fused-ring (bicyclic) bond motifs is 1. The van der Waals surface area contributed by atoms with E-state index in [0.717, 1.165) is 44.6 Å². The molecule has 0 spiro atoms. The van der Waals surface area contributed by atoms with Crippen LogP contribution in [-0.4, -0.2) is 86.8 Å². The second-order valence-corrected chi connectivity index (χ2v) is 13.4. The molecule has 1 amide bonds. The van der Waals surface area contributed by atoms with Crippen molar-refractivity contribution in [2.75, 3.05) is 51.3 Å². The molecule has 9 nitrogen and oxygen atoms in total. The Balaban J connectivity index is 1.29. The first kappa shape index (κ1) is 35.1. The van der Waals surface area contributed by atoms with Gasteiger partial charge in [0.15, 0.2) is 18.0 Å². The van der Waals surface area contributed by atoms with Crippen LogP contribution in [0.4, 0.5) is 10.5 Å². The van der Waals surface area contributed by atoms with Gasteiger partial charge in [0.2, 0.25) is 5.79 Å². The Labute approximate surface area is 266 Å². The van der Waals surface area contributed by atoms with Crippen molar-refractivity contribution < 1.29 is 28.5 Å². The molecule has 4 atom stereocenters. The lowest BCUT2D eigenvalue weighted by molar-refractivity contribution is -0.277. The molecule has 0 aliphatic carbocycles. The Morgan fingerprint density at radius 1 is 0.955 bits per heavy atom. The van der Waals surface area contributed by atoms with Crippen molar-refractivity contribution >= 4 is 11.8 Å². The highest BCUT2D eigenvalue weighted by Crippen LogP contribution is 2.46. The lowest BCUT2D eigenvalue weighted by Gasteiger charge is -2.29. The largest absolute Gasteiger partial charge is 0.440 e. The van der Waals surface area contributed by atoms with Crippen LogP contribution in [0.3, 0.4) is 0 Å². The van der Waals surface area contributed by atoms with Gasteiger partial charge in [-0.2, -0.15) is 0 Å². The summed E-state index contributed by atoms with van der Waals surface area (Å²) in [4.78, 5) is 15.6. The molecule has 0 bridgehead atoms. The van der Waals surface area contributed by atoms with Gasteiger partial charge in [0.25, 0.3) is 0 Å². The Hall–Kier alpha value is -1.75. The smallest absolute Gasteiger partial charge is 0.412 e. The van der Waals surface area contributed by atoms with Crippen molar-refractivity contribution in [3.05, 3.63) is 29.8 Å². The van der Waals surface area contributed by atoms with Crippen LogP contribution in [0, 0.1) is 6.92 Å². The third-order valence-corrected chi connectivity index (χ3v) is 8.91. The molecule has 1 aromatic carbocycles. The maximum Gasteiger partial charge on any atom is 0.412 e. The second kappa shape index (κ2) is 17.8. The first-order valence-electron chi connectivity index (χ1n) is 17.4. The van der Waals surface area contributed by atoms with Crippen LogP contribution in [0.15, 0.2) is 24.3 Å². The van der Waals surface area contributed by atoms with E-state index in [1.54, 1.807) is 0 Å². The van der Waals surface area contributed by atoms with E-state index in [1.807, 2.05) is 45.0 Å². The van der Waals surface area contributed by atoms with Crippen LogP contribution in [0.5, 0.6) is 0 Å². The van der Waals surface area contributed by atoms with Crippen molar-refractivity contribution in [3.8, 4) is 0 Å². The monoisotopic (exact) mass is 617 g/mol. The summed E-state index contributed by atoms with van der Waals surface area (Å²) < 4.78 is 31.6. The first-order valence-corrected chi connectivity index (χ1v) is 17.4. The molecule has 9 heteroatoms. The highest BCUT2D eigenvalue weighted by atomic mass is 16.9. The lowest BCUT2D eigenvalue weighted by Crippen LogP contribution is -2.46. The number of unbranched alkanes of at least 4 members (excludes halogenated alkanes) is 9. The number of ether oxygens (including phenoxy) is 5. The fourth-order valence-electron chi connectivity index (χ4n) is 6.56. The maximum atomic E-state index is 13.1. The van der Waals surface area contributed by atoms with E-state index in [2.05, 4.69) is 22.5 Å². The number of amides is 1. The van der Waals surface area contributed by atoms with Crippen molar-refractivity contribution in [1.29, 1.82) is 0 Å². The lowest BCUT2D eigenvalue weighted by atomic mass is 10.1. The average molecular weight is 618 g/mol. The third kappa shape index (κ3) is 11.0. The van der Waals surface area contributed by atoms with Crippen molar-refractivity contribution in [1.82, 2.24) is 10.2 Å². The molecule has 4 rings (SSSR count). The highest BCUT2D eigenvalue weighted by molar-refractivity contribution is 5.84. The van der Waals surface area contributed by atoms with Crippen LogP contribution in [0.2, 0.25) is 0 Å². The zero-order valence-corrected chi connectivity index (χ0v) is 27.9. The van der Waals surface area contributed by atoms with Gasteiger partial charge in [-0.15, -0.1) is 0 Å². The van der Waals surface area contributed by atoms with Gasteiger partial charge in [-0.1, -0.05) is 82.4 Å². The molecule has 3 heterocycles. The third-order valence-electron chi connectivity index (χ3n) is 8.91. The molecule has 0 aromatic heterocycles. The summed E-state index contributed by atoms with van der Waals surface area (Å²) in [5, 5.41) is 6.38. The van der Waals surface area contributed by atoms with Crippen LogP contribution in [-0.2, 0) is 23.7 Å². The Morgan fingerprint density at radius 2 is 1.61 bits per heavy atom. The predicted molar refractivity (Wildman–Crippen MR) is 174 cm³/mol. The number of hydrogen-bond acceptors (Lipinski definition) is 8. The van der Waals surface area contributed by atoms with E-state index in [9.17, 15) is 4.79 Å². The molecule has 1 aromatic rings. The van der Waals surface area contributed by atoms with Crippen molar-refractivity contribution in [2.24, 2.45) is 0 Å². The zero-order valence-electron chi connectivity index (χ0n) is 27.9. The summed E-state index contributed by atoms with van der Waals surface area (Å²) in [5.74, 6) is -2.04. The summed E-state index contributed by atoms with van der Waals surface area (Å²) in [7, 11) is 0. The molecule has 0 saturated carbocycles. The zero-order chi connectivity index (χ0) is 31.3. The van der Waals surface area contributed by atoms with E-state index in [0.29, 0.717) is 18.8 Å². The number of benzene rings is 1. The molecule has 3 saturated heterocycles. The Morgan fingerprint density at radius 3 is 2.30 bits per heavy atom. The predicted octanol–water partition coefficient (Wildman–Crippen LogP) is 6.78. The molecule has 3 aliphatic heterocycles. The normalized spacial score (nSPS) is 26.2. The number of nitrogens with zero attached hydrogens (tertiary/aromatic N) is 1. The molecular weight excluding hydrogens is 558 g/mol. The number of likely N-dealkylation sites (tertiary alicyclic amines) is 1. The fourth-order valence-corrected chi connectivity index (χ4v) is 6.56. The first-order chi connectivity index (χ1) is 21.3. The number of carbonyl (C=O) groups is 1. The topological polar surface area (TPSA) is 90.5 Å². The Bertz CT molecular complexity index is 970. The van der Waals surface area contributed by atoms with Gasteiger partial charge in [0.05, 0.1) is 0 Å². The highest BCUT2D eigenvalue weighted by Gasteiger charge is 2.66. The summed E-state index contributed by atoms with van der Waals surface area (Å²) >= 11 is 0. The minimum absolute atomic E-state index is 0.224. The van der Waals surface area contributed by atoms with Crippen molar-refractivity contribution in [3.63, 3.8) is 0 Å². The van der Waals surface area contributed by atoms with Crippen LogP contribution < -0.4 is 10.6 Å². The number of anilines is 1. The summed E-state index contributed by atoms with van der Waals surface area (Å²) in [5.41, 5.74) is 1.80. The minimum Gasteiger partial charge on any atom is -0.440 e. The molecule has 44 heavy (non-hydrogen) atoms. The molecule has 250 valence electrons. The maximum absolute atomic E-state index is 13.1. The summed E-state index contributed by atoms with van der Waals surface area (Å²) in [6.07, 6.45) is 13.0. The quantitative estimate of drug-likeness (QED) is 0.155. The number of hydrogen-bond donors (Lipinski definition) is 2. The van der Waals surface area contributed by atoms with Crippen LogP contribution >= 0.6 is 0 Å². The second-order valence-electron chi connectivity index (χ2n) is 13.4. The molecule has 0 unspecified atom stereocenters. The fraction of sp³-hybridized carbons (Fsp3) is 0.800. The Kier molecular flexibility index (Phi) is 14.2. The number of aryl methyl sites for hydroxylation is 1. The van der Waals surface area contributed by atoms with Gasteiger partial charge in [0, 0.05) is 31.9 Å². The number of nitrogens with one attached hydrogen (secondary N) is 2. The average Bonchev–Trinajstić information content (AvgIpc) is 3.66. The standard InChI is InChI=1S/C35H59N3O6/c1-5-6-7-8-9-10-11-12-13-16-25-40-27-35-32(43-34(3,4)44-35)31(41-33(39)37-29-19-17-28(2)18-20-29)30(42-35)26-36-21-24-38-22-14-15-23-38/h17-20,30-32,36H,5-16,21-27H2,1-4H3,(H,37,39)/t30-,31+,32-,35-/m0/s1. The molecule has 2 N–H and O–H groups in total.